The minimum atomic E-state index is -0.459. The summed E-state index contributed by atoms with van der Waals surface area (Å²) >= 11 is 0. The fourth-order valence-electron chi connectivity index (χ4n) is 4.64. The van der Waals surface area contributed by atoms with E-state index in [1.54, 1.807) is 42.4 Å². The molecule has 1 saturated heterocycles. The van der Waals surface area contributed by atoms with Crippen LogP contribution in [-0.4, -0.2) is 39.4 Å². The fraction of sp³-hybridized carbons (Fsp3) is 0.346. The Hall–Kier alpha value is -3.59. The summed E-state index contributed by atoms with van der Waals surface area (Å²) in [7, 11) is 0. The molecule has 0 aliphatic carbocycles. The standard InChI is InChI=1S/C26H26F2N4O3/c1-16-2-7-21(20(28)12-16)30-25(33)18-8-10-31(11-9-18)26(34)24-22-14-35-23(13-32(22)15-29-24)17-3-5-19(27)6-4-17/h2-7,12,15,18,23H,8-11,13-14H2,1H3,(H,30,33)/t23-/m0/s1. The van der Waals surface area contributed by atoms with Gasteiger partial charge in [0, 0.05) is 19.0 Å². The van der Waals surface area contributed by atoms with Gasteiger partial charge < -0.3 is 19.5 Å². The predicted molar refractivity (Wildman–Crippen MR) is 125 cm³/mol. The lowest BCUT2D eigenvalue weighted by Crippen LogP contribution is -2.42. The largest absolute Gasteiger partial charge is 0.365 e. The van der Waals surface area contributed by atoms with Crippen LogP contribution in [0.15, 0.2) is 48.8 Å². The van der Waals surface area contributed by atoms with Crippen molar-refractivity contribution in [3.8, 4) is 0 Å². The van der Waals surface area contributed by atoms with E-state index in [2.05, 4.69) is 10.3 Å². The van der Waals surface area contributed by atoms with Crippen molar-refractivity contribution in [3.63, 3.8) is 0 Å². The third-order valence-corrected chi connectivity index (χ3v) is 6.71. The van der Waals surface area contributed by atoms with Gasteiger partial charge in [0.05, 0.1) is 30.9 Å². The van der Waals surface area contributed by atoms with E-state index in [4.69, 9.17) is 4.74 Å². The molecule has 0 spiro atoms. The number of ether oxygens (including phenoxy) is 1. The van der Waals surface area contributed by atoms with Crippen molar-refractivity contribution in [2.45, 2.75) is 39.0 Å². The highest BCUT2D eigenvalue weighted by molar-refractivity contribution is 5.95. The topological polar surface area (TPSA) is 76.5 Å². The number of aromatic nitrogens is 2. The van der Waals surface area contributed by atoms with Crippen molar-refractivity contribution in [3.05, 3.63) is 82.9 Å². The molecule has 0 unspecified atom stereocenters. The van der Waals surface area contributed by atoms with Gasteiger partial charge in [-0.05, 0) is 55.2 Å². The molecule has 0 bridgehead atoms. The van der Waals surface area contributed by atoms with E-state index in [1.807, 2.05) is 4.57 Å². The molecule has 1 fully saturated rings. The summed E-state index contributed by atoms with van der Waals surface area (Å²) in [5, 5.41) is 2.67. The maximum atomic E-state index is 14.1. The molecule has 2 amide bonds. The Morgan fingerprint density at radius 2 is 1.83 bits per heavy atom. The van der Waals surface area contributed by atoms with Crippen LogP contribution in [0.5, 0.6) is 0 Å². The van der Waals surface area contributed by atoms with Crippen molar-refractivity contribution < 1.29 is 23.1 Å². The minimum absolute atomic E-state index is 0.169. The van der Waals surface area contributed by atoms with Gasteiger partial charge in [0.2, 0.25) is 5.91 Å². The molecular weight excluding hydrogens is 454 g/mol. The summed E-state index contributed by atoms with van der Waals surface area (Å²) in [6.07, 6.45) is 2.37. The summed E-state index contributed by atoms with van der Waals surface area (Å²) in [6, 6.07) is 10.9. The lowest BCUT2D eigenvalue weighted by molar-refractivity contribution is -0.121. The second kappa shape index (κ2) is 9.58. The average Bonchev–Trinajstić information content (AvgIpc) is 3.29. The Kier molecular flexibility index (Phi) is 6.34. The van der Waals surface area contributed by atoms with Gasteiger partial charge in [-0.2, -0.15) is 0 Å². The number of hydrogen-bond donors (Lipinski definition) is 1. The summed E-state index contributed by atoms with van der Waals surface area (Å²) in [5.74, 6) is -1.48. The molecule has 0 saturated carbocycles. The van der Waals surface area contributed by atoms with E-state index in [0.29, 0.717) is 43.9 Å². The first-order valence-electron chi connectivity index (χ1n) is 11.7. The summed E-state index contributed by atoms with van der Waals surface area (Å²) < 4.78 is 35.2. The van der Waals surface area contributed by atoms with Gasteiger partial charge in [0.1, 0.15) is 17.7 Å². The van der Waals surface area contributed by atoms with E-state index in [1.165, 1.54) is 18.2 Å². The molecule has 0 radical (unpaired) electrons. The number of carbonyl (C=O) groups excluding carboxylic acids is 2. The van der Waals surface area contributed by atoms with Crippen LogP contribution in [0.25, 0.3) is 0 Å². The molecule has 9 heteroatoms. The molecule has 3 heterocycles. The molecule has 2 aliphatic heterocycles. The monoisotopic (exact) mass is 480 g/mol. The quantitative estimate of drug-likeness (QED) is 0.606. The molecule has 3 aromatic rings. The molecule has 2 aromatic carbocycles. The number of nitrogens with zero attached hydrogens (tertiary/aromatic N) is 3. The average molecular weight is 481 g/mol. The zero-order valence-electron chi connectivity index (χ0n) is 19.3. The second-order valence-electron chi connectivity index (χ2n) is 9.08. The van der Waals surface area contributed by atoms with Crippen molar-refractivity contribution >= 4 is 17.5 Å². The highest BCUT2D eigenvalue weighted by atomic mass is 19.1. The van der Waals surface area contributed by atoms with E-state index >= 15 is 0 Å². The van der Waals surface area contributed by atoms with Gasteiger partial charge in [0.15, 0.2) is 5.69 Å². The summed E-state index contributed by atoms with van der Waals surface area (Å²) in [6.45, 7) is 3.33. The number of fused-ring (bicyclic) bond motifs is 1. The smallest absolute Gasteiger partial charge is 0.274 e. The Labute approximate surface area is 201 Å². The van der Waals surface area contributed by atoms with Gasteiger partial charge in [-0.25, -0.2) is 13.8 Å². The number of rotatable bonds is 4. The molecule has 1 N–H and O–H groups in total. The number of piperidine rings is 1. The minimum Gasteiger partial charge on any atom is -0.365 e. The van der Waals surface area contributed by atoms with Gasteiger partial charge in [-0.3, -0.25) is 9.59 Å². The van der Waals surface area contributed by atoms with Crippen LogP contribution in [-0.2, 0) is 22.7 Å². The summed E-state index contributed by atoms with van der Waals surface area (Å²) in [4.78, 5) is 31.9. The van der Waals surface area contributed by atoms with Crippen LogP contribution in [0.2, 0.25) is 0 Å². The van der Waals surface area contributed by atoms with Crippen molar-refractivity contribution in [1.29, 1.82) is 0 Å². The van der Waals surface area contributed by atoms with Crippen molar-refractivity contribution in [1.82, 2.24) is 14.5 Å². The number of anilines is 1. The maximum absolute atomic E-state index is 14.1. The molecule has 2 aliphatic rings. The number of carbonyl (C=O) groups is 2. The van der Waals surface area contributed by atoms with Gasteiger partial charge in [0.25, 0.3) is 5.91 Å². The van der Waals surface area contributed by atoms with E-state index in [-0.39, 0.29) is 41.9 Å². The zero-order chi connectivity index (χ0) is 24.5. The Morgan fingerprint density at radius 3 is 2.54 bits per heavy atom. The van der Waals surface area contributed by atoms with Gasteiger partial charge in [-0.1, -0.05) is 18.2 Å². The van der Waals surface area contributed by atoms with Crippen LogP contribution in [0.3, 0.4) is 0 Å². The van der Waals surface area contributed by atoms with Crippen molar-refractivity contribution in [2.24, 2.45) is 5.92 Å². The highest BCUT2D eigenvalue weighted by Crippen LogP contribution is 2.29. The lowest BCUT2D eigenvalue weighted by atomic mass is 9.95. The van der Waals surface area contributed by atoms with Crippen molar-refractivity contribution in [2.75, 3.05) is 18.4 Å². The second-order valence-corrected chi connectivity index (χ2v) is 9.08. The maximum Gasteiger partial charge on any atom is 0.274 e. The number of nitrogens with one attached hydrogen (secondary N) is 1. The lowest BCUT2D eigenvalue weighted by Gasteiger charge is -2.31. The zero-order valence-corrected chi connectivity index (χ0v) is 19.3. The molecule has 5 rings (SSSR count). The van der Waals surface area contributed by atoms with Crippen LogP contribution in [0, 0.1) is 24.5 Å². The molecule has 35 heavy (non-hydrogen) atoms. The fourth-order valence-corrected chi connectivity index (χ4v) is 4.64. The number of likely N-dealkylation sites (tertiary alicyclic amines) is 1. The first-order valence-corrected chi connectivity index (χ1v) is 11.7. The highest BCUT2D eigenvalue weighted by Gasteiger charge is 2.32. The predicted octanol–water partition coefficient (Wildman–Crippen LogP) is 4.23. The molecular formula is C26H26F2N4O3. The first kappa shape index (κ1) is 23.2. The SMILES string of the molecule is Cc1ccc(NC(=O)C2CCN(C(=O)c3ncn4c3CO[C@H](c3ccc(F)cc3)C4)CC2)c(F)c1. The van der Waals surface area contributed by atoms with Crippen LogP contribution < -0.4 is 5.32 Å². The molecule has 1 atom stereocenters. The van der Waals surface area contributed by atoms with Crippen LogP contribution in [0.4, 0.5) is 14.5 Å². The molecule has 1 aromatic heterocycles. The number of halogens is 2. The van der Waals surface area contributed by atoms with E-state index in [0.717, 1.165) is 11.1 Å². The third kappa shape index (κ3) is 4.81. The number of benzene rings is 2. The summed E-state index contributed by atoms with van der Waals surface area (Å²) in [5.41, 5.74) is 2.88. The van der Waals surface area contributed by atoms with Crippen LogP contribution >= 0.6 is 0 Å². The normalized spacial score (nSPS) is 18.3. The van der Waals surface area contributed by atoms with E-state index in [9.17, 15) is 18.4 Å². The number of imidazole rings is 1. The Balaban J connectivity index is 1.19. The first-order chi connectivity index (χ1) is 16.9. The number of amides is 2. The Bertz CT molecular complexity index is 1250. The van der Waals surface area contributed by atoms with Gasteiger partial charge in [-0.15, -0.1) is 0 Å². The Morgan fingerprint density at radius 1 is 1.09 bits per heavy atom. The number of hydrogen-bond acceptors (Lipinski definition) is 4. The molecule has 182 valence electrons. The molecule has 7 nitrogen and oxygen atoms in total. The number of aryl methyl sites for hydroxylation is 1. The van der Waals surface area contributed by atoms with Crippen LogP contribution in [0.1, 0.15) is 46.3 Å². The van der Waals surface area contributed by atoms with Gasteiger partial charge >= 0.3 is 0 Å². The van der Waals surface area contributed by atoms with E-state index < -0.39 is 5.82 Å². The third-order valence-electron chi connectivity index (χ3n) is 6.71.